The van der Waals surface area contributed by atoms with Gasteiger partial charge in [0.25, 0.3) is 5.56 Å². The number of imidazole rings is 1. The Balaban J connectivity index is 1.67. The Bertz CT molecular complexity index is 1400. The van der Waals surface area contributed by atoms with Gasteiger partial charge in [-0.1, -0.05) is 61.4 Å². The van der Waals surface area contributed by atoms with Crippen LogP contribution in [0.1, 0.15) is 49.0 Å². The Kier molecular flexibility index (Phi) is 5.68. The van der Waals surface area contributed by atoms with Crippen LogP contribution in [0.25, 0.3) is 11.2 Å². The lowest BCUT2D eigenvalue weighted by Crippen LogP contribution is -2.42. The zero-order valence-electron chi connectivity index (χ0n) is 18.1. The SMILES string of the molecule is O=c1c2c(ncn2C2CCCC2)n(Cc2ccccc2)c(=O)n1C[C@@H](O)c1ccccc1F. The van der Waals surface area contributed by atoms with Crippen molar-refractivity contribution in [3.8, 4) is 0 Å². The lowest BCUT2D eigenvalue weighted by molar-refractivity contribution is 0.148. The molecular weight excluding hydrogens is 423 g/mol. The molecule has 33 heavy (non-hydrogen) atoms. The highest BCUT2D eigenvalue weighted by Crippen LogP contribution is 2.31. The summed E-state index contributed by atoms with van der Waals surface area (Å²) in [6.45, 7) is -0.118. The van der Waals surface area contributed by atoms with Gasteiger partial charge in [-0.2, -0.15) is 0 Å². The highest BCUT2D eigenvalue weighted by molar-refractivity contribution is 5.70. The van der Waals surface area contributed by atoms with Crippen LogP contribution in [-0.2, 0) is 13.1 Å². The molecule has 0 bridgehead atoms. The van der Waals surface area contributed by atoms with Crippen LogP contribution in [-0.4, -0.2) is 23.8 Å². The van der Waals surface area contributed by atoms with E-state index in [0.29, 0.717) is 11.2 Å². The number of aromatic nitrogens is 4. The summed E-state index contributed by atoms with van der Waals surface area (Å²) < 4.78 is 18.6. The highest BCUT2D eigenvalue weighted by Gasteiger charge is 2.25. The van der Waals surface area contributed by atoms with Crippen LogP contribution in [0.15, 0.2) is 70.5 Å². The topological polar surface area (TPSA) is 82.0 Å². The Hall–Kier alpha value is -3.52. The summed E-state index contributed by atoms with van der Waals surface area (Å²) in [5.41, 5.74) is 0.511. The molecule has 0 radical (unpaired) electrons. The molecule has 1 aliphatic carbocycles. The minimum atomic E-state index is -1.35. The third kappa shape index (κ3) is 3.91. The second-order valence-corrected chi connectivity index (χ2v) is 8.57. The van der Waals surface area contributed by atoms with Crippen molar-refractivity contribution < 1.29 is 9.50 Å². The summed E-state index contributed by atoms with van der Waals surface area (Å²) in [5, 5.41) is 10.7. The summed E-state index contributed by atoms with van der Waals surface area (Å²) in [6, 6.07) is 15.4. The average Bonchev–Trinajstić information content (AvgIpc) is 3.50. The Morgan fingerprint density at radius 3 is 2.42 bits per heavy atom. The fraction of sp³-hybridized carbons (Fsp3) is 0.320. The van der Waals surface area contributed by atoms with Crippen molar-refractivity contribution in [2.45, 2.75) is 50.9 Å². The van der Waals surface area contributed by atoms with E-state index >= 15 is 0 Å². The second-order valence-electron chi connectivity index (χ2n) is 8.57. The van der Waals surface area contributed by atoms with Gasteiger partial charge in [-0.15, -0.1) is 0 Å². The molecule has 1 fully saturated rings. The van der Waals surface area contributed by atoms with Gasteiger partial charge in [0.05, 0.1) is 25.5 Å². The second kappa shape index (κ2) is 8.78. The minimum Gasteiger partial charge on any atom is -0.386 e. The molecule has 0 spiro atoms. The maximum absolute atomic E-state index is 14.2. The first kappa shape index (κ1) is 21.3. The van der Waals surface area contributed by atoms with E-state index < -0.39 is 23.2 Å². The van der Waals surface area contributed by atoms with E-state index in [4.69, 9.17) is 0 Å². The third-order valence-corrected chi connectivity index (χ3v) is 6.46. The lowest BCUT2D eigenvalue weighted by atomic mass is 10.1. The van der Waals surface area contributed by atoms with Crippen LogP contribution in [0.5, 0.6) is 0 Å². The first-order chi connectivity index (χ1) is 16.0. The maximum atomic E-state index is 14.2. The molecular formula is C25H25FN4O3. The van der Waals surface area contributed by atoms with Crippen molar-refractivity contribution in [1.82, 2.24) is 18.7 Å². The van der Waals surface area contributed by atoms with Crippen LogP contribution in [0.2, 0.25) is 0 Å². The van der Waals surface area contributed by atoms with Gasteiger partial charge in [-0.25, -0.2) is 14.2 Å². The Morgan fingerprint density at radius 1 is 1.00 bits per heavy atom. The molecule has 2 aromatic heterocycles. The molecule has 1 aliphatic rings. The third-order valence-electron chi connectivity index (χ3n) is 6.46. The Morgan fingerprint density at radius 2 is 1.70 bits per heavy atom. The van der Waals surface area contributed by atoms with E-state index in [-0.39, 0.29) is 24.7 Å². The number of rotatable bonds is 6. The minimum absolute atomic E-state index is 0.0443. The fourth-order valence-corrected chi connectivity index (χ4v) is 4.75. The number of nitrogens with zero attached hydrogens (tertiary/aromatic N) is 4. The predicted octanol–water partition coefficient (Wildman–Crippen LogP) is 3.40. The molecule has 1 N–H and O–H groups in total. The van der Waals surface area contributed by atoms with Gasteiger partial charge >= 0.3 is 5.69 Å². The number of aliphatic hydroxyl groups excluding tert-OH is 1. The molecule has 2 heterocycles. The predicted molar refractivity (Wildman–Crippen MR) is 123 cm³/mol. The van der Waals surface area contributed by atoms with Crippen molar-refractivity contribution in [2.75, 3.05) is 0 Å². The molecule has 0 unspecified atom stereocenters. The fourth-order valence-electron chi connectivity index (χ4n) is 4.75. The summed E-state index contributed by atoms with van der Waals surface area (Å²) in [5.74, 6) is -0.584. The first-order valence-corrected chi connectivity index (χ1v) is 11.2. The number of fused-ring (bicyclic) bond motifs is 1. The van der Waals surface area contributed by atoms with Crippen molar-refractivity contribution >= 4 is 11.2 Å². The molecule has 0 amide bonds. The van der Waals surface area contributed by atoms with Crippen LogP contribution < -0.4 is 11.2 Å². The van der Waals surface area contributed by atoms with Gasteiger partial charge in [-0.3, -0.25) is 13.9 Å². The monoisotopic (exact) mass is 448 g/mol. The quantitative estimate of drug-likeness (QED) is 0.490. The summed E-state index contributed by atoms with van der Waals surface area (Å²) in [6.07, 6.45) is 4.34. The van der Waals surface area contributed by atoms with Gasteiger partial charge < -0.3 is 9.67 Å². The van der Waals surface area contributed by atoms with Crippen molar-refractivity contribution in [1.29, 1.82) is 0 Å². The van der Waals surface area contributed by atoms with Crippen LogP contribution >= 0.6 is 0 Å². The molecule has 1 atom stereocenters. The van der Waals surface area contributed by atoms with E-state index in [9.17, 15) is 19.1 Å². The maximum Gasteiger partial charge on any atom is 0.333 e. The zero-order chi connectivity index (χ0) is 22.9. The lowest BCUT2D eigenvalue weighted by Gasteiger charge is -2.17. The average molecular weight is 448 g/mol. The summed E-state index contributed by atoms with van der Waals surface area (Å²) in [4.78, 5) is 31.5. The largest absolute Gasteiger partial charge is 0.386 e. The van der Waals surface area contributed by atoms with Gasteiger partial charge in [0.1, 0.15) is 5.82 Å². The molecule has 7 nitrogen and oxygen atoms in total. The standard InChI is InChI=1S/C25H25FN4O3/c26-20-13-7-6-12-19(20)21(31)15-29-24(32)22-23(27-16-30(22)18-10-4-5-11-18)28(25(29)33)14-17-8-2-1-3-9-17/h1-3,6-9,12-13,16,18,21,31H,4-5,10-11,14-15H2/t21-/m1/s1. The first-order valence-electron chi connectivity index (χ1n) is 11.2. The molecule has 0 saturated heterocycles. The summed E-state index contributed by atoms with van der Waals surface area (Å²) in [7, 11) is 0. The molecule has 8 heteroatoms. The number of benzene rings is 2. The molecule has 2 aromatic carbocycles. The van der Waals surface area contributed by atoms with Gasteiger partial charge in [0.15, 0.2) is 11.2 Å². The van der Waals surface area contributed by atoms with Crippen LogP contribution in [0.3, 0.4) is 0 Å². The van der Waals surface area contributed by atoms with E-state index in [2.05, 4.69) is 4.98 Å². The van der Waals surface area contributed by atoms with Crippen molar-refractivity contribution in [2.24, 2.45) is 0 Å². The Labute approximate surface area is 189 Å². The van der Waals surface area contributed by atoms with E-state index in [1.54, 1.807) is 12.4 Å². The normalized spacial score (nSPS) is 15.3. The molecule has 1 saturated carbocycles. The van der Waals surface area contributed by atoms with E-state index in [1.165, 1.54) is 22.8 Å². The van der Waals surface area contributed by atoms with Gasteiger partial charge in [-0.05, 0) is 24.5 Å². The zero-order valence-corrected chi connectivity index (χ0v) is 18.1. The number of aliphatic hydroxyl groups is 1. The van der Waals surface area contributed by atoms with Crippen LogP contribution in [0, 0.1) is 5.82 Å². The molecule has 5 rings (SSSR count). The van der Waals surface area contributed by atoms with Crippen molar-refractivity contribution in [3.63, 3.8) is 0 Å². The summed E-state index contributed by atoms with van der Waals surface area (Å²) >= 11 is 0. The number of hydrogen-bond donors (Lipinski definition) is 1. The molecule has 0 aliphatic heterocycles. The van der Waals surface area contributed by atoms with E-state index in [1.807, 2.05) is 34.9 Å². The smallest absolute Gasteiger partial charge is 0.333 e. The molecule has 170 valence electrons. The number of halogens is 1. The van der Waals surface area contributed by atoms with Gasteiger partial charge in [0.2, 0.25) is 0 Å². The molecule has 4 aromatic rings. The highest BCUT2D eigenvalue weighted by atomic mass is 19.1. The van der Waals surface area contributed by atoms with E-state index in [0.717, 1.165) is 35.8 Å². The van der Waals surface area contributed by atoms with Crippen LogP contribution in [0.4, 0.5) is 4.39 Å². The number of hydrogen-bond acceptors (Lipinski definition) is 4. The van der Waals surface area contributed by atoms with Crippen molar-refractivity contribution in [3.05, 3.63) is 98.7 Å². The van der Waals surface area contributed by atoms with Gasteiger partial charge in [0, 0.05) is 11.6 Å².